The molecule has 0 aliphatic carbocycles. The molecule has 0 amide bonds. The summed E-state index contributed by atoms with van der Waals surface area (Å²) in [7, 11) is 0. The van der Waals surface area contributed by atoms with E-state index in [9.17, 15) is 9.90 Å². The molecule has 2 N–H and O–H groups in total. The van der Waals surface area contributed by atoms with E-state index in [-0.39, 0.29) is 5.78 Å². The molecule has 0 aromatic carbocycles. The summed E-state index contributed by atoms with van der Waals surface area (Å²) in [5, 5.41) is 13.6. The maximum atomic E-state index is 11.6. The summed E-state index contributed by atoms with van der Waals surface area (Å²) < 4.78 is 2.00. The molecule has 1 saturated heterocycles. The molecule has 0 saturated carbocycles. The second kappa shape index (κ2) is 6.52. The van der Waals surface area contributed by atoms with Gasteiger partial charge < -0.3 is 15.0 Å². The minimum atomic E-state index is -0.404. The highest BCUT2D eigenvalue weighted by Gasteiger charge is 2.18. The number of carbonyl (C=O) groups excluding carboxylic acids is 1. The molecule has 5 nitrogen and oxygen atoms in total. The van der Waals surface area contributed by atoms with Gasteiger partial charge >= 0.3 is 0 Å². The Morgan fingerprint density at radius 2 is 2.00 bits per heavy atom. The monoisotopic (exact) mass is 279 g/mol. The molecule has 2 rings (SSSR count). The molecule has 1 aromatic rings. The SMILES string of the molecule is CC(=O)c1c(C)cn(C[C@H](O)CN2CCNCC2)c1C. The lowest BCUT2D eigenvalue weighted by atomic mass is 10.1. The highest BCUT2D eigenvalue weighted by Crippen LogP contribution is 2.17. The average Bonchev–Trinajstić information content (AvgIpc) is 2.65. The van der Waals surface area contributed by atoms with E-state index < -0.39 is 6.10 Å². The van der Waals surface area contributed by atoms with Crippen molar-refractivity contribution in [2.24, 2.45) is 0 Å². The third-order valence-corrected chi connectivity index (χ3v) is 3.97. The van der Waals surface area contributed by atoms with Gasteiger partial charge in [-0.05, 0) is 26.3 Å². The van der Waals surface area contributed by atoms with Gasteiger partial charge in [0, 0.05) is 56.7 Å². The van der Waals surface area contributed by atoms with Crippen molar-refractivity contribution in [3.8, 4) is 0 Å². The first-order chi connectivity index (χ1) is 9.49. The summed E-state index contributed by atoms with van der Waals surface area (Å²) in [5.41, 5.74) is 2.73. The number of carbonyl (C=O) groups is 1. The van der Waals surface area contributed by atoms with Crippen molar-refractivity contribution in [3.05, 3.63) is 23.0 Å². The molecule has 0 radical (unpaired) electrons. The fourth-order valence-electron chi connectivity index (χ4n) is 3.02. The third kappa shape index (κ3) is 3.48. The molecule has 1 aliphatic rings. The van der Waals surface area contributed by atoms with E-state index in [4.69, 9.17) is 0 Å². The molecule has 1 aromatic heterocycles. The Kier molecular flexibility index (Phi) is 4.96. The highest BCUT2D eigenvalue weighted by molar-refractivity contribution is 5.96. The molecule has 5 heteroatoms. The Bertz CT molecular complexity index is 476. The van der Waals surface area contributed by atoms with Crippen LogP contribution in [0.5, 0.6) is 0 Å². The topological polar surface area (TPSA) is 57.5 Å². The quantitative estimate of drug-likeness (QED) is 0.774. The summed E-state index contributed by atoms with van der Waals surface area (Å²) in [6.07, 6.45) is 1.56. The van der Waals surface area contributed by atoms with Crippen molar-refractivity contribution < 1.29 is 9.90 Å². The number of hydrogen-bond donors (Lipinski definition) is 2. The van der Waals surface area contributed by atoms with Crippen LogP contribution in [0.15, 0.2) is 6.20 Å². The van der Waals surface area contributed by atoms with Crippen LogP contribution in [0.2, 0.25) is 0 Å². The lowest BCUT2D eigenvalue weighted by Gasteiger charge is -2.29. The Morgan fingerprint density at radius 3 is 2.55 bits per heavy atom. The summed E-state index contributed by atoms with van der Waals surface area (Å²) in [4.78, 5) is 13.9. The van der Waals surface area contributed by atoms with Gasteiger partial charge in [0.2, 0.25) is 0 Å². The first-order valence-electron chi connectivity index (χ1n) is 7.27. The van der Waals surface area contributed by atoms with E-state index in [2.05, 4.69) is 10.2 Å². The second-order valence-corrected chi connectivity index (χ2v) is 5.69. The van der Waals surface area contributed by atoms with E-state index >= 15 is 0 Å². The van der Waals surface area contributed by atoms with Crippen LogP contribution < -0.4 is 5.32 Å². The molecular formula is C15H25N3O2. The van der Waals surface area contributed by atoms with Crippen LogP contribution in [0.4, 0.5) is 0 Å². The van der Waals surface area contributed by atoms with Gasteiger partial charge in [-0.15, -0.1) is 0 Å². The van der Waals surface area contributed by atoms with Crippen LogP contribution >= 0.6 is 0 Å². The van der Waals surface area contributed by atoms with Gasteiger partial charge in [0.05, 0.1) is 6.10 Å². The number of aromatic nitrogens is 1. The molecule has 112 valence electrons. The van der Waals surface area contributed by atoms with Crippen LogP contribution in [0.25, 0.3) is 0 Å². The minimum Gasteiger partial charge on any atom is -0.390 e. The number of aryl methyl sites for hydroxylation is 1. The van der Waals surface area contributed by atoms with Crippen LogP contribution in [0.3, 0.4) is 0 Å². The second-order valence-electron chi connectivity index (χ2n) is 5.69. The maximum absolute atomic E-state index is 11.6. The minimum absolute atomic E-state index is 0.0929. The first kappa shape index (κ1) is 15.2. The zero-order valence-electron chi connectivity index (χ0n) is 12.6. The number of nitrogens with one attached hydrogen (secondary N) is 1. The van der Waals surface area contributed by atoms with E-state index in [1.54, 1.807) is 6.92 Å². The molecule has 0 unspecified atom stereocenters. The normalized spacial score (nSPS) is 18.2. The van der Waals surface area contributed by atoms with Crippen molar-refractivity contribution in [2.45, 2.75) is 33.4 Å². The molecule has 0 bridgehead atoms. The van der Waals surface area contributed by atoms with Gasteiger partial charge in [-0.2, -0.15) is 0 Å². The van der Waals surface area contributed by atoms with Gasteiger partial charge in [0.1, 0.15) is 0 Å². The summed E-state index contributed by atoms with van der Waals surface area (Å²) in [6, 6.07) is 0. The molecule has 20 heavy (non-hydrogen) atoms. The predicted octanol–water partition coefficient (Wildman–Crippen LogP) is 0.574. The molecule has 2 heterocycles. The van der Waals surface area contributed by atoms with Crippen LogP contribution in [-0.4, -0.2) is 59.2 Å². The van der Waals surface area contributed by atoms with Gasteiger partial charge in [0.25, 0.3) is 0 Å². The zero-order valence-corrected chi connectivity index (χ0v) is 12.6. The van der Waals surface area contributed by atoms with E-state index in [1.165, 1.54) is 0 Å². The van der Waals surface area contributed by atoms with Gasteiger partial charge in [-0.3, -0.25) is 9.69 Å². The average molecular weight is 279 g/mol. The first-order valence-corrected chi connectivity index (χ1v) is 7.27. The van der Waals surface area contributed by atoms with Crippen LogP contribution in [-0.2, 0) is 6.54 Å². The van der Waals surface area contributed by atoms with E-state index in [0.717, 1.165) is 43.0 Å². The number of nitrogens with zero attached hydrogens (tertiary/aromatic N) is 2. The number of ketones is 1. The number of Topliss-reactive ketones (excluding diaryl/α,β-unsaturated/α-hetero) is 1. The summed E-state index contributed by atoms with van der Waals surface area (Å²) in [5.74, 6) is 0.0929. The van der Waals surface area contributed by atoms with E-state index in [0.29, 0.717) is 13.1 Å². The van der Waals surface area contributed by atoms with Crippen LogP contribution in [0, 0.1) is 13.8 Å². The predicted molar refractivity (Wildman–Crippen MR) is 79.2 cm³/mol. The highest BCUT2D eigenvalue weighted by atomic mass is 16.3. The number of piperazine rings is 1. The fraction of sp³-hybridized carbons (Fsp3) is 0.667. The van der Waals surface area contributed by atoms with Gasteiger partial charge in [0.15, 0.2) is 5.78 Å². The van der Waals surface area contributed by atoms with Crippen molar-refractivity contribution in [1.82, 2.24) is 14.8 Å². The lowest BCUT2D eigenvalue weighted by Crippen LogP contribution is -2.46. The standard InChI is InChI=1S/C15H25N3O2/c1-11-8-18(12(2)15(11)13(3)19)10-14(20)9-17-6-4-16-5-7-17/h8,14,16,20H,4-7,9-10H2,1-3H3/t14-/m1/s1. The molecule has 1 fully saturated rings. The number of aliphatic hydroxyl groups is 1. The fourth-order valence-corrected chi connectivity index (χ4v) is 3.02. The van der Waals surface area contributed by atoms with Crippen molar-refractivity contribution >= 4 is 5.78 Å². The molecule has 1 atom stereocenters. The molecular weight excluding hydrogens is 254 g/mol. The number of β-amino-alcohol motifs (C(OH)–C–C–N with tert-alkyl or cyclic N) is 1. The Hall–Kier alpha value is -1.17. The number of hydrogen-bond acceptors (Lipinski definition) is 4. The van der Waals surface area contributed by atoms with Crippen molar-refractivity contribution in [3.63, 3.8) is 0 Å². The Morgan fingerprint density at radius 1 is 1.35 bits per heavy atom. The van der Waals surface area contributed by atoms with Gasteiger partial charge in [-0.25, -0.2) is 0 Å². The largest absolute Gasteiger partial charge is 0.390 e. The Labute approximate surface area is 120 Å². The molecule has 1 aliphatic heterocycles. The number of aliphatic hydroxyl groups excluding tert-OH is 1. The van der Waals surface area contributed by atoms with E-state index in [1.807, 2.05) is 24.6 Å². The lowest BCUT2D eigenvalue weighted by molar-refractivity contribution is 0.0911. The van der Waals surface area contributed by atoms with Crippen molar-refractivity contribution in [2.75, 3.05) is 32.7 Å². The van der Waals surface area contributed by atoms with Crippen molar-refractivity contribution in [1.29, 1.82) is 0 Å². The van der Waals surface area contributed by atoms with Gasteiger partial charge in [-0.1, -0.05) is 0 Å². The zero-order chi connectivity index (χ0) is 14.7. The smallest absolute Gasteiger partial charge is 0.161 e. The summed E-state index contributed by atoms with van der Waals surface area (Å²) in [6.45, 7) is 10.7. The Balaban J connectivity index is 1.98. The van der Waals surface area contributed by atoms with Crippen LogP contribution in [0.1, 0.15) is 28.5 Å². The maximum Gasteiger partial charge on any atom is 0.161 e. The molecule has 0 spiro atoms. The number of rotatable bonds is 5. The third-order valence-electron chi connectivity index (χ3n) is 3.97. The summed E-state index contributed by atoms with van der Waals surface area (Å²) >= 11 is 0.